The summed E-state index contributed by atoms with van der Waals surface area (Å²) in [5.74, 6) is 0.185. The molecule has 17 heavy (non-hydrogen) atoms. The average Bonchev–Trinajstić information content (AvgIpc) is 2.60. The first-order chi connectivity index (χ1) is 7.98. The molecule has 1 aliphatic rings. The van der Waals surface area contributed by atoms with Crippen molar-refractivity contribution in [3.8, 4) is 0 Å². The summed E-state index contributed by atoms with van der Waals surface area (Å²) in [4.78, 5) is 14.3. The molecule has 0 radical (unpaired) electrons. The third-order valence-corrected chi connectivity index (χ3v) is 4.95. The maximum absolute atomic E-state index is 12.3. The smallest absolute Gasteiger partial charge is 0.254 e. The lowest BCUT2D eigenvalue weighted by molar-refractivity contribution is 0.0758. The van der Waals surface area contributed by atoms with Gasteiger partial charge >= 0.3 is 0 Å². The van der Waals surface area contributed by atoms with Gasteiger partial charge < -0.3 is 4.90 Å². The SMILES string of the molecule is CC1(C)CCCN(C(=O)c2csc(Br)c2)CC1. The number of thiophene rings is 1. The van der Waals surface area contributed by atoms with Gasteiger partial charge in [-0.25, -0.2) is 0 Å². The molecule has 0 spiro atoms. The molecular formula is C13H18BrNOS. The van der Waals surface area contributed by atoms with Crippen molar-refractivity contribution in [1.29, 1.82) is 0 Å². The van der Waals surface area contributed by atoms with E-state index in [1.165, 1.54) is 6.42 Å². The van der Waals surface area contributed by atoms with Crippen LogP contribution < -0.4 is 0 Å². The van der Waals surface area contributed by atoms with Crippen molar-refractivity contribution in [3.63, 3.8) is 0 Å². The van der Waals surface area contributed by atoms with Crippen LogP contribution in [0.2, 0.25) is 0 Å². The summed E-state index contributed by atoms with van der Waals surface area (Å²) in [5, 5.41) is 1.93. The molecule has 1 aliphatic heterocycles. The van der Waals surface area contributed by atoms with Crippen LogP contribution in [0, 0.1) is 5.41 Å². The number of amides is 1. The van der Waals surface area contributed by atoms with E-state index in [1.807, 2.05) is 16.3 Å². The number of rotatable bonds is 1. The predicted octanol–water partition coefficient (Wildman–Crippen LogP) is 4.16. The minimum atomic E-state index is 0.185. The number of halogens is 1. The van der Waals surface area contributed by atoms with Crippen LogP contribution in [0.4, 0.5) is 0 Å². The molecule has 1 amide bonds. The molecule has 0 aromatic carbocycles. The Labute approximate surface area is 115 Å². The Bertz CT molecular complexity index is 413. The molecule has 0 atom stereocenters. The quantitative estimate of drug-likeness (QED) is 0.762. The topological polar surface area (TPSA) is 20.3 Å². The Morgan fingerprint density at radius 1 is 1.41 bits per heavy atom. The van der Waals surface area contributed by atoms with E-state index in [4.69, 9.17) is 0 Å². The van der Waals surface area contributed by atoms with Gasteiger partial charge in [-0.2, -0.15) is 0 Å². The Hall–Kier alpha value is -0.350. The van der Waals surface area contributed by atoms with Crippen LogP contribution in [0.5, 0.6) is 0 Å². The molecule has 1 fully saturated rings. The van der Waals surface area contributed by atoms with Crippen LogP contribution in [0.1, 0.15) is 43.5 Å². The molecule has 1 saturated heterocycles. The maximum Gasteiger partial charge on any atom is 0.254 e. The van der Waals surface area contributed by atoms with Crippen LogP contribution in [0.25, 0.3) is 0 Å². The summed E-state index contributed by atoms with van der Waals surface area (Å²) in [6.07, 6.45) is 3.43. The summed E-state index contributed by atoms with van der Waals surface area (Å²) in [5.41, 5.74) is 1.20. The van der Waals surface area contributed by atoms with Crippen molar-refractivity contribution in [3.05, 3.63) is 20.8 Å². The first-order valence-electron chi connectivity index (χ1n) is 6.01. The highest BCUT2D eigenvalue weighted by atomic mass is 79.9. The number of likely N-dealkylation sites (tertiary alicyclic amines) is 1. The van der Waals surface area contributed by atoms with E-state index in [0.29, 0.717) is 5.41 Å². The Morgan fingerprint density at radius 2 is 2.18 bits per heavy atom. The largest absolute Gasteiger partial charge is 0.339 e. The van der Waals surface area contributed by atoms with Crippen LogP contribution in [0.3, 0.4) is 0 Å². The molecule has 2 nitrogen and oxygen atoms in total. The number of nitrogens with zero attached hydrogens (tertiary/aromatic N) is 1. The minimum absolute atomic E-state index is 0.185. The van der Waals surface area contributed by atoms with E-state index in [1.54, 1.807) is 11.3 Å². The zero-order chi connectivity index (χ0) is 12.5. The molecular weight excluding hydrogens is 298 g/mol. The molecule has 1 aromatic heterocycles. The zero-order valence-corrected chi connectivity index (χ0v) is 12.7. The van der Waals surface area contributed by atoms with Gasteiger partial charge in [-0.3, -0.25) is 4.79 Å². The summed E-state index contributed by atoms with van der Waals surface area (Å²) in [6, 6.07) is 1.92. The van der Waals surface area contributed by atoms with Gasteiger partial charge in [0.15, 0.2) is 0 Å². The summed E-state index contributed by atoms with van der Waals surface area (Å²) in [6.45, 7) is 6.37. The van der Waals surface area contributed by atoms with E-state index >= 15 is 0 Å². The van der Waals surface area contributed by atoms with Crippen LogP contribution in [-0.4, -0.2) is 23.9 Å². The second kappa shape index (κ2) is 5.11. The molecule has 0 bridgehead atoms. The molecule has 2 rings (SSSR count). The van der Waals surface area contributed by atoms with Gasteiger partial charge in [-0.15, -0.1) is 11.3 Å². The lowest BCUT2D eigenvalue weighted by Crippen LogP contribution is -2.32. The predicted molar refractivity (Wildman–Crippen MR) is 75.6 cm³/mol. The lowest BCUT2D eigenvalue weighted by Gasteiger charge is -2.23. The highest BCUT2D eigenvalue weighted by Crippen LogP contribution is 2.30. The Morgan fingerprint density at radius 3 is 2.82 bits per heavy atom. The normalized spacial score (nSPS) is 20.1. The van der Waals surface area contributed by atoms with E-state index in [-0.39, 0.29) is 5.91 Å². The molecule has 94 valence electrons. The van der Waals surface area contributed by atoms with Crippen molar-refractivity contribution in [1.82, 2.24) is 4.90 Å². The van der Waals surface area contributed by atoms with Gasteiger partial charge in [-0.05, 0) is 46.7 Å². The van der Waals surface area contributed by atoms with E-state index < -0.39 is 0 Å². The Kier molecular flexibility index (Phi) is 3.93. The fraction of sp³-hybridized carbons (Fsp3) is 0.615. The van der Waals surface area contributed by atoms with Crippen LogP contribution in [-0.2, 0) is 0 Å². The summed E-state index contributed by atoms with van der Waals surface area (Å²) >= 11 is 4.98. The van der Waals surface area contributed by atoms with Gasteiger partial charge in [0.2, 0.25) is 0 Å². The number of hydrogen-bond acceptors (Lipinski definition) is 2. The molecule has 0 aliphatic carbocycles. The summed E-state index contributed by atoms with van der Waals surface area (Å²) < 4.78 is 1.02. The molecule has 0 unspecified atom stereocenters. The van der Waals surface area contributed by atoms with Gasteiger partial charge in [0.05, 0.1) is 9.35 Å². The van der Waals surface area contributed by atoms with Crippen molar-refractivity contribution in [2.75, 3.05) is 13.1 Å². The third kappa shape index (κ3) is 3.32. The highest BCUT2D eigenvalue weighted by molar-refractivity contribution is 9.11. The van der Waals surface area contributed by atoms with Crippen molar-refractivity contribution >= 4 is 33.2 Å². The lowest BCUT2D eigenvalue weighted by atomic mass is 9.85. The molecule has 1 aromatic rings. The number of carbonyl (C=O) groups is 1. The molecule has 0 saturated carbocycles. The second-order valence-electron chi connectivity index (χ2n) is 5.45. The van der Waals surface area contributed by atoms with Gasteiger partial charge in [0.1, 0.15) is 0 Å². The zero-order valence-electron chi connectivity index (χ0n) is 10.3. The third-order valence-electron chi connectivity index (χ3n) is 3.44. The van der Waals surface area contributed by atoms with Crippen LogP contribution in [0.15, 0.2) is 15.2 Å². The van der Waals surface area contributed by atoms with Crippen molar-refractivity contribution < 1.29 is 4.79 Å². The van der Waals surface area contributed by atoms with Gasteiger partial charge in [-0.1, -0.05) is 13.8 Å². The van der Waals surface area contributed by atoms with Crippen molar-refractivity contribution in [2.45, 2.75) is 33.1 Å². The Balaban J connectivity index is 2.05. The fourth-order valence-corrected chi connectivity index (χ4v) is 3.36. The molecule has 0 N–H and O–H groups in total. The number of hydrogen-bond donors (Lipinski definition) is 0. The van der Waals surface area contributed by atoms with E-state index in [0.717, 1.165) is 35.3 Å². The van der Waals surface area contributed by atoms with E-state index in [2.05, 4.69) is 29.8 Å². The highest BCUT2D eigenvalue weighted by Gasteiger charge is 2.26. The number of carbonyl (C=O) groups excluding carboxylic acids is 1. The molecule has 2 heterocycles. The van der Waals surface area contributed by atoms with Gasteiger partial charge in [0.25, 0.3) is 5.91 Å². The van der Waals surface area contributed by atoms with Crippen LogP contribution >= 0.6 is 27.3 Å². The second-order valence-corrected chi connectivity index (χ2v) is 7.74. The maximum atomic E-state index is 12.3. The van der Waals surface area contributed by atoms with E-state index in [9.17, 15) is 4.79 Å². The summed E-state index contributed by atoms with van der Waals surface area (Å²) in [7, 11) is 0. The standard InChI is InChI=1S/C13H18BrNOS/c1-13(2)4-3-6-15(7-5-13)12(16)10-8-11(14)17-9-10/h8-9H,3-7H2,1-2H3. The van der Waals surface area contributed by atoms with Crippen molar-refractivity contribution in [2.24, 2.45) is 5.41 Å². The van der Waals surface area contributed by atoms with Gasteiger partial charge in [0, 0.05) is 18.5 Å². The monoisotopic (exact) mass is 315 g/mol. The first-order valence-corrected chi connectivity index (χ1v) is 7.68. The fourth-order valence-electron chi connectivity index (χ4n) is 2.23. The molecule has 4 heteroatoms. The minimum Gasteiger partial charge on any atom is -0.339 e. The first kappa shape index (κ1) is 13.1. The average molecular weight is 316 g/mol.